The largest absolute Gasteiger partial charge is 0.392 e. The van der Waals surface area contributed by atoms with Gasteiger partial charge in [0.15, 0.2) is 0 Å². The van der Waals surface area contributed by atoms with Crippen LogP contribution in [0.1, 0.15) is 51.5 Å². The zero-order valence-corrected chi connectivity index (χ0v) is 14.8. The highest BCUT2D eigenvalue weighted by Crippen LogP contribution is 2.31. The number of benzene rings is 1. The molecule has 1 aromatic carbocycles. The lowest BCUT2D eigenvalue weighted by atomic mass is 9.92. The molecule has 0 radical (unpaired) electrons. The first-order valence-electron chi connectivity index (χ1n) is 8.31. The number of nitrogens with one attached hydrogen (secondary N) is 1. The van der Waals surface area contributed by atoms with Gasteiger partial charge in [0.2, 0.25) is 0 Å². The number of anilines is 1. The Bertz CT molecular complexity index is 484. The van der Waals surface area contributed by atoms with Gasteiger partial charge < -0.3 is 15.3 Å². The number of halogens is 1. The first kappa shape index (κ1) is 17.6. The van der Waals surface area contributed by atoms with Crippen LogP contribution in [0.2, 0.25) is 5.02 Å². The zero-order valence-electron chi connectivity index (χ0n) is 14.0. The molecule has 124 valence electrons. The van der Waals surface area contributed by atoms with Crippen LogP contribution in [0.5, 0.6) is 0 Å². The van der Waals surface area contributed by atoms with E-state index in [0.717, 1.165) is 17.8 Å². The Morgan fingerprint density at radius 3 is 2.50 bits per heavy atom. The molecule has 22 heavy (non-hydrogen) atoms. The summed E-state index contributed by atoms with van der Waals surface area (Å²) in [5.41, 5.74) is 2.00. The summed E-state index contributed by atoms with van der Waals surface area (Å²) in [6, 6.07) is 6.63. The molecule has 0 aliphatic heterocycles. The van der Waals surface area contributed by atoms with Crippen molar-refractivity contribution < 1.29 is 5.11 Å². The smallest absolute Gasteiger partial charge is 0.0696 e. The van der Waals surface area contributed by atoms with Gasteiger partial charge in [-0.05, 0) is 51.4 Å². The Balaban J connectivity index is 2.28. The van der Waals surface area contributed by atoms with E-state index in [1.165, 1.54) is 32.1 Å². The number of nitrogens with zero attached hydrogens (tertiary/aromatic N) is 1. The van der Waals surface area contributed by atoms with E-state index in [2.05, 4.69) is 30.1 Å². The average molecular weight is 325 g/mol. The Morgan fingerprint density at radius 1 is 1.27 bits per heavy atom. The maximum Gasteiger partial charge on any atom is 0.0696 e. The number of rotatable bonds is 6. The van der Waals surface area contributed by atoms with Crippen LogP contribution in [-0.2, 0) is 6.61 Å². The minimum Gasteiger partial charge on any atom is -0.392 e. The van der Waals surface area contributed by atoms with Crippen molar-refractivity contribution in [2.24, 2.45) is 0 Å². The third-order valence-electron chi connectivity index (χ3n) is 4.80. The molecule has 0 amide bonds. The van der Waals surface area contributed by atoms with Crippen LogP contribution >= 0.6 is 11.6 Å². The molecule has 1 aliphatic rings. The van der Waals surface area contributed by atoms with Gasteiger partial charge in [-0.3, -0.25) is 0 Å². The van der Waals surface area contributed by atoms with E-state index in [4.69, 9.17) is 11.6 Å². The molecule has 0 unspecified atom stereocenters. The van der Waals surface area contributed by atoms with Crippen molar-refractivity contribution in [3.05, 3.63) is 28.8 Å². The van der Waals surface area contributed by atoms with Crippen molar-refractivity contribution >= 4 is 17.3 Å². The third kappa shape index (κ3) is 4.37. The highest BCUT2D eigenvalue weighted by Gasteiger charge is 2.27. The van der Waals surface area contributed by atoms with E-state index in [9.17, 15) is 5.11 Å². The predicted molar refractivity (Wildman–Crippen MR) is 94.7 cm³/mol. The van der Waals surface area contributed by atoms with Gasteiger partial charge in [0.1, 0.15) is 0 Å². The van der Waals surface area contributed by atoms with Gasteiger partial charge in [0.05, 0.1) is 6.61 Å². The van der Waals surface area contributed by atoms with E-state index in [1.54, 1.807) is 0 Å². The summed E-state index contributed by atoms with van der Waals surface area (Å²) in [5, 5.41) is 13.4. The topological polar surface area (TPSA) is 35.5 Å². The summed E-state index contributed by atoms with van der Waals surface area (Å²) < 4.78 is 0. The molecule has 1 fully saturated rings. The number of hydrogen-bond donors (Lipinski definition) is 2. The molecule has 2 rings (SSSR count). The molecule has 1 saturated carbocycles. The molecular weight excluding hydrogens is 296 g/mol. The molecule has 2 N–H and O–H groups in total. The monoisotopic (exact) mass is 324 g/mol. The van der Waals surface area contributed by atoms with Crippen LogP contribution in [0.15, 0.2) is 18.2 Å². The van der Waals surface area contributed by atoms with Gasteiger partial charge in [0, 0.05) is 28.8 Å². The quantitative estimate of drug-likeness (QED) is 0.831. The minimum atomic E-state index is -0.00937. The molecule has 0 atom stereocenters. The second kappa shape index (κ2) is 7.67. The van der Waals surface area contributed by atoms with E-state index in [1.807, 2.05) is 19.2 Å². The van der Waals surface area contributed by atoms with E-state index in [0.29, 0.717) is 11.1 Å². The summed E-state index contributed by atoms with van der Waals surface area (Å²) >= 11 is 6.32. The SMILES string of the molecule is CNC(C)(C)CN(c1ccc(CO)c(Cl)c1)C1CCCCC1. The predicted octanol–water partition coefficient (Wildman–Crippen LogP) is 3.97. The van der Waals surface area contributed by atoms with Crippen LogP contribution in [0.4, 0.5) is 5.69 Å². The third-order valence-corrected chi connectivity index (χ3v) is 5.15. The second-order valence-electron chi connectivity index (χ2n) is 6.99. The van der Waals surface area contributed by atoms with Crippen molar-refractivity contribution in [3.63, 3.8) is 0 Å². The standard InChI is InChI=1S/C18H29ClN2O/c1-18(2,20-3)13-21(15-7-5-4-6-8-15)16-10-9-14(12-22)17(19)11-16/h9-11,15,20,22H,4-8,12-13H2,1-3H3. The van der Waals surface area contributed by atoms with Crippen LogP contribution in [-0.4, -0.2) is 30.3 Å². The maximum absolute atomic E-state index is 9.31. The zero-order chi connectivity index (χ0) is 16.2. The van der Waals surface area contributed by atoms with E-state index >= 15 is 0 Å². The lowest BCUT2D eigenvalue weighted by Crippen LogP contribution is -2.51. The average Bonchev–Trinajstić information content (AvgIpc) is 2.53. The number of aliphatic hydroxyl groups is 1. The van der Waals surface area contributed by atoms with Crippen molar-refractivity contribution in [2.75, 3.05) is 18.5 Å². The minimum absolute atomic E-state index is 0.00937. The van der Waals surface area contributed by atoms with Crippen molar-refractivity contribution in [1.82, 2.24) is 5.32 Å². The Labute approximate surface area is 139 Å². The second-order valence-corrected chi connectivity index (χ2v) is 7.39. The highest BCUT2D eigenvalue weighted by molar-refractivity contribution is 6.31. The van der Waals surface area contributed by atoms with Crippen molar-refractivity contribution in [2.45, 2.75) is 64.1 Å². The van der Waals surface area contributed by atoms with Gasteiger partial charge in [0.25, 0.3) is 0 Å². The van der Waals surface area contributed by atoms with Gasteiger partial charge >= 0.3 is 0 Å². The van der Waals surface area contributed by atoms with Crippen LogP contribution in [0.3, 0.4) is 0 Å². The summed E-state index contributed by atoms with van der Waals surface area (Å²) in [4.78, 5) is 2.50. The summed E-state index contributed by atoms with van der Waals surface area (Å²) in [5.74, 6) is 0. The van der Waals surface area contributed by atoms with Crippen molar-refractivity contribution in [1.29, 1.82) is 0 Å². The van der Waals surface area contributed by atoms with Gasteiger partial charge in [-0.15, -0.1) is 0 Å². The van der Waals surface area contributed by atoms with Crippen LogP contribution in [0, 0.1) is 0 Å². The van der Waals surface area contributed by atoms with Gasteiger partial charge in [-0.2, -0.15) is 0 Å². The van der Waals surface area contributed by atoms with Gasteiger partial charge in [-0.25, -0.2) is 0 Å². The molecule has 0 bridgehead atoms. The lowest BCUT2D eigenvalue weighted by Gasteiger charge is -2.41. The fourth-order valence-corrected chi connectivity index (χ4v) is 3.41. The Hall–Kier alpha value is -0.770. The number of hydrogen-bond acceptors (Lipinski definition) is 3. The molecular formula is C18H29ClN2O. The Kier molecular flexibility index (Phi) is 6.13. The molecule has 0 spiro atoms. The highest BCUT2D eigenvalue weighted by atomic mass is 35.5. The fourth-order valence-electron chi connectivity index (χ4n) is 3.17. The van der Waals surface area contributed by atoms with E-state index in [-0.39, 0.29) is 12.1 Å². The first-order chi connectivity index (χ1) is 10.5. The molecule has 3 nitrogen and oxygen atoms in total. The number of likely N-dealkylation sites (N-methyl/N-ethyl adjacent to an activating group) is 1. The van der Waals surface area contributed by atoms with Crippen LogP contribution in [0.25, 0.3) is 0 Å². The fraction of sp³-hybridized carbons (Fsp3) is 0.667. The first-order valence-corrected chi connectivity index (χ1v) is 8.69. The van der Waals surface area contributed by atoms with Gasteiger partial charge in [-0.1, -0.05) is 36.9 Å². The number of aliphatic hydroxyl groups excluding tert-OH is 1. The molecule has 1 aliphatic carbocycles. The summed E-state index contributed by atoms with van der Waals surface area (Å²) in [7, 11) is 2.01. The summed E-state index contributed by atoms with van der Waals surface area (Å²) in [6.07, 6.45) is 6.47. The molecule has 4 heteroatoms. The van der Waals surface area contributed by atoms with E-state index < -0.39 is 0 Å². The normalized spacial score (nSPS) is 16.8. The Morgan fingerprint density at radius 2 is 1.95 bits per heavy atom. The summed E-state index contributed by atoms with van der Waals surface area (Å²) in [6.45, 7) is 5.40. The molecule has 1 aromatic rings. The van der Waals surface area contributed by atoms with Crippen molar-refractivity contribution in [3.8, 4) is 0 Å². The molecule has 0 saturated heterocycles. The molecule has 0 aromatic heterocycles. The molecule has 0 heterocycles. The lowest BCUT2D eigenvalue weighted by molar-refractivity contribution is 0.282. The maximum atomic E-state index is 9.31. The van der Waals surface area contributed by atoms with Crippen LogP contribution < -0.4 is 10.2 Å².